The minimum atomic E-state index is 0.363. The van der Waals surface area contributed by atoms with Crippen molar-refractivity contribution in [3.63, 3.8) is 0 Å². The molecule has 0 fully saturated rings. The van der Waals surface area contributed by atoms with E-state index < -0.39 is 0 Å². The quantitative estimate of drug-likeness (QED) is 0.854. The van der Waals surface area contributed by atoms with Crippen LogP contribution in [0.3, 0.4) is 0 Å². The molecule has 2 aromatic carbocycles. The largest absolute Gasteiger partial charge is 0.497 e. The van der Waals surface area contributed by atoms with Crippen molar-refractivity contribution in [3.05, 3.63) is 65.7 Å². The summed E-state index contributed by atoms with van der Waals surface area (Å²) in [5.74, 6) is 1.26. The van der Waals surface area contributed by atoms with Crippen molar-refractivity contribution in [2.24, 2.45) is 0 Å². The van der Waals surface area contributed by atoms with Crippen LogP contribution < -0.4 is 10.5 Å². The number of quaternary nitrogens is 1. The van der Waals surface area contributed by atoms with Gasteiger partial charge in [-0.2, -0.15) is 0 Å². The summed E-state index contributed by atoms with van der Waals surface area (Å²) < 4.78 is 5.17. The molecule has 0 unspecified atom stereocenters. The average Bonchev–Trinajstić information content (AvgIpc) is 2.42. The van der Waals surface area contributed by atoms with Gasteiger partial charge in [0.05, 0.1) is 19.6 Å². The van der Waals surface area contributed by atoms with E-state index in [1.54, 1.807) is 7.11 Å². The van der Waals surface area contributed by atoms with Gasteiger partial charge in [-0.25, -0.2) is 0 Å². The Morgan fingerprint density at radius 1 is 0.941 bits per heavy atom. The summed E-state index contributed by atoms with van der Waals surface area (Å²) in [5, 5.41) is 0. The first-order valence-corrected chi connectivity index (χ1v) is 5.83. The van der Waals surface area contributed by atoms with E-state index in [-0.39, 0.29) is 0 Å². The maximum Gasteiger partial charge on any atom is 0.118 e. The van der Waals surface area contributed by atoms with Gasteiger partial charge in [0.2, 0.25) is 0 Å². The molecule has 0 aliphatic heterocycles. The molecule has 2 rings (SSSR count). The maximum absolute atomic E-state index is 5.17. The molecular weight excluding hydrogens is 210 g/mol. The van der Waals surface area contributed by atoms with Gasteiger partial charge in [-0.1, -0.05) is 42.5 Å². The Labute approximate surface area is 102 Å². The molecule has 3 N–H and O–H groups in total. The fraction of sp³-hybridized carbons (Fsp3) is 0.200. The zero-order valence-electron chi connectivity index (χ0n) is 10.1. The second-order valence-corrected chi connectivity index (χ2v) is 4.03. The van der Waals surface area contributed by atoms with Crippen LogP contribution >= 0.6 is 0 Å². The molecule has 2 heteroatoms. The predicted octanol–water partition coefficient (Wildman–Crippen LogP) is 2.07. The molecule has 0 saturated heterocycles. The lowest BCUT2D eigenvalue weighted by Gasteiger charge is -2.14. The lowest BCUT2D eigenvalue weighted by molar-refractivity contribution is -0.370. The van der Waals surface area contributed by atoms with Gasteiger partial charge in [0.25, 0.3) is 0 Å². The second kappa shape index (κ2) is 5.51. The summed E-state index contributed by atoms with van der Waals surface area (Å²) in [6.45, 7) is 0.857. The van der Waals surface area contributed by atoms with E-state index in [0.29, 0.717) is 5.92 Å². The predicted molar refractivity (Wildman–Crippen MR) is 69.0 cm³/mol. The van der Waals surface area contributed by atoms with E-state index >= 15 is 0 Å². The molecule has 0 radical (unpaired) electrons. The third-order valence-corrected chi connectivity index (χ3v) is 3.01. The summed E-state index contributed by atoms with van der Waals surface area (Å²) in [6.07, 6.45) is 0. The minimum Gasteiger partial charge on any atom is -0.497 e. The highest BCUT2D eigenvalue weighted by Gasteiger charge is 2.13. The average molecular weight is 228 g/mol. The fourth-order valence-corrected chi connectivity index (χ4v) is 2.05. The first kappa shape index (κ1) is 11.7. The number of hydrogen-bond acceptors (Lipinski definition) is 1. The van der Waals surface area contributed by atoms with E-state index in [9.17, 15) is 0 Å². The van der Waals surface area contributed by atoms with Crippen molar-refractivity contribution in [1.82, 2.24) is 0 Å². The highest BCUT2D eigenvalue weighted by Crippen LogP contribution is 2.24. The van der Waals surface area contributed by atoms with E-state index in [1.165, 1.54) is 11.1 Å². The normalized spacial score (nSPS) is 12.1. The van der Waals surface area contributed by atoms with Crippen LogP contribution in [0.4, 0.5) is 0 Å². The molecule has 0 heterocycles. The molecule has 2 nitrogen and oxygen atoms in total. The van der Waals surface area contributed by atoms with E-state index in [1.807, 2.05) is 18.2 Å². The Morgan fingerprint density at radius 2 is 1.53 bits per heavy atom. The van der Waals surface area contributed by atoms with Crippen LogP contribution in [-0.2, 0) is 0 Å². The first-order chi connectivity index (χ1) is 8.35. The van der Waals surface area contributed by atoms with Crippen LogP contribution in [0.2, 0.25) is 0 Å². The molecular formula is C15H18NO+. The van der Waals surface area contributed by atoms with Crippen molar-refractivity contribution >= 4 is 0 Å². The smallest absolute Gasteiger partial charge is 0.118 e. The third kappa shape index (κ3) is 2.66. The summed E-state index contributed by atoms with van der Waals surface area (Å²) in [5.41, 5.74) is 6.65. The van der Waals surface area contributed by atoms with Crippen LogP contribution in [0.1, 0.15) is 17.0 Å². The van der Waals surface area contributed by atoms with Crippen LogP contribution in [0.5, 0.6) is 5.75 Å². The third-order valence-electron chi connectivity index (χ3n) is 3.01. The lowest BCUT2D eigenvalue weighted by atomic mass is 9.91. The van der Waals surface area contributed by atoms with Crippen LogP contribution in [0.25, 0.3) is 0 Å². The fourth-order valence-electron chi connectivity index (χ4n) is 2.05. The van der Waals surface area contributed by atoms with Gasteiger partial charge in [0.1, 0.15) is 5.75 Å². The molecule has 2 aromatic rings. The Bertz CT molecular complexity index is 450. The van der Waals surface area contributed by atoms with E-state index in [0.717, 1.165) is 12.3 Å². The molecule has 0 aliphatic carbocycles. The van der Waals surface area contributed by atoms with Gasteiger partial charge in [-0.3, -0.25) is 0 Å². The Balaban J connectivity index is 2.29. The number of hydrogen-bond donors (Lipinski definition) is 1. The molecule has 0 bridgehead atoms. The van der Waals surface area contributed by atoms with Crippen molar-refractivity contribution in [1.29, 1.82) is 0 Å². The Morgan fingerprint density at radius 3 is 2.06 bits per heavy atom. The molecule has 0 aliphatic rings. The second-order valence-electron chi connectivity index (χ2n) is 4.03. The summed E-state index contributed by atoms with van der Waals surface area (Å²) in [4.78, 5) is 0. The van der Waals surface area contributed by atoms with Gasteiger partial charge >= 0.3 is 0 Å². The Kier molecular flexibility index (Phi) is 3.78. The van der Waals surface area contributed by atoms with Crippen molar-refractivity contribution in [2.45, 2.75) is 5.92 Å². The topological polar surface area (TPSA) is 36.9 Å². The van der Waals surface area contributed by atoms with Gasteiger partial charge in [0.15, 0.2) is 0 Å². The van der Waals surface area contributed by atoms with Crippen LogP contribution in [-0.4, -0.2) is 13.7 Å². The molecule has 0 aromatic heterocycles. The molecule has 88 valence electrons. The Hall–Kier alpha value is -1.80. The van der Waals surface area contributed by atoms with Gasteiger partial charge in [-0.05, 0) is 23.3 Å². The summed E-state index contributed by atoms with van der Waals surface area (Å²) in [6, 6.07) is 18.7. The van der Waals surface area contributed by atoms with Crippen LogP contribution in [0, 0.1) is 0 Å². The number of benzene rings is 2. The van der Waals surface area contributed by atoms with Gasteiger partial charge < -0.3 is 10.5 Å². The highest BCUT2D eigenvalue weighted by atomic mass is 16.5. The number of ether oxygens (including phenoxy) is 1. The molecule has 1 atom stereocenters. The number of methoxy groups -OCH3 is 1. The minimum absolute atomic E-state index is 0.363. The van der Waals surface area contributed by atoms with E-state index in [4.69, 9.17) is 4.74 Å². The van der Waals surface area contributed by atoms with Gasteiger partial charge in [-0.15, -0.1) is 0 Å². The SMILES string of the molecule is COc1ccc([C@H](C[NH3+])c2ccccc2)cc1. The zero-order valence-corrected chi connectivity index (χ0v) is 10.1. The standard InChI is InChI=1S/C15H17NO/c1-17-14-9-7-13(8-10-14)15(11-16)12-5-3-2-4-6-12/h2-10,15H,11,16H2,1H3/p+1/t15-/m1/s1. The lowest BCUT2D eigenvalue weighted by Crippen LogP contribution is -2.53. The maximum atomic E-state index is 5.17. The van der Waals surface area contributed by atoms with Crippen molar-refractivity contribution < 1.29 is 10.5 Å². The highest BCUT2D eigenvalue weighted by molar-refractivity contribution is 5.35. The molecule has 0 saturated carbocycles. The first-order valence-electron chi connectivity index (χ1n) is 5.83. The van der Waals surface area contributed by atoms with Gasteiger partial charge in [0, 0.05) is 0 Å². The molecule has 0 spiro atoms. The molecule has 0 amide bonds. The summed E-state index contributed by atoms with van der Waals surface area (Å²) in [7, 11) is 1.69. The van der Waals surface area contributed by atoms with Crippen LogP contribution in [0.15, 0.2) is 54.6 Å². The van der Waals surface area contributed by atoms with Crippen molar-refractivity contribution in [3.8, 4) is 5.75 Å². The molecule has 17 heavy (non-hydrogen) atoms. The van der Waals surface area contributed by atoms with Crippen molar-refractivity contribution in [2.75, 3.05) is 13.7 Å². The van der Waals surface area contributed by atoms with E-state index in [2.05, 4.69) is 42.1 Å². The summed E-state index contributed by atoms with van der Waals surface area (Å²) >= 11 is 0. The zero-order chi connectivity index (χ0) is 12.1. The monoisotopic (exact) mass is 228 g/mol. The number of rotatable bonds is 4.